The highest BCUT2D eigenvalue weighted by atomic mass is 31.1. The lowest BCUT2D eigenvalue weighted by Crippen LogP contribution is -2.30. The van der Waals surface area contributed by atoms with Crippen molar-refractivity contribution in [1.82, 2.24) is 0 Å². The van der Waals surface area contributed by atoms with Crippen molar-refractivity contribution >= 4 is 14.7 Å². The summed E-state index contributed by atoms with van der Waals surface area (Å²) in [6, 6.07) is -0.833. The third kappa shape index (κ3) is 6.04. The number of aliphatic carboxylic acids is 1. The van der Waals surface area contributed by atoms with E-state index in [1.165, 1.54) is 0 Å². The Hall–Kier alpha value is -0.380. The first-order chi connectivity index (χ1) is 5.18. The number of carboxylic acids is 1. The van der Waals surface area contributed by atoms with Crippen molar-refractivity contribution < 1.29 is 19.0 Å². The number of nitrogens with two attached hydrogens (primary N) is 1. The number of carbonyl (C=O) groups is 1. The molecule has 0 fully saturated rings. The topological polar surface area (TPSA) is 89.6 Å². The number of carboxylic acid groups (broad SMARTS) is 1. The van der Waals surface area contributed by atoms with E-state index in [0.717, 1.165) is 0 Å². The largest absolute Gasteiger partial charge is 0.480 e. The molecule has 0 bridgehead atoms. The Bertz CT molecular complexity index is 140. The molecule has 0 spiro atoms. The highest BCUT2D eigenvalue weighted by Gasteiger charge is 2.09. The van der Waals surface area contributed by atoms with Crippen LogP contribution in [0.3, 0.4) is 0 Å². The van der Waals surface area contributed by atoms with Crippen LogP contribution in [-0.4, -0.2) is 23.7 Å². The molecule has 66 valence electrons. The summed E-state index contributed by atoms with van der Waals surface area (Å²) in [6.07, 6.45) is 0.886. The molecule has 2 unspecified atom stereocenters. The second kappa shape index (κ2) is 6.34. The average Bonchev–Trinajstić information content (AvgIpc) is 1.97. The molecule has 0 aromatic rings. The third-order valence-corrected chi connectivity index (χ3v) is 1.53. The van der Waals surface area contributed by atoms with Crippen molar-refractivity contribution in [3.63, 3.8) is 0 Å². The van der Waals surface area contributed by atoms with E-state index in [9.17, 15) is 9.36 Å². The highest BCUT2D eigenvalue weighted by Crippen LogP contribution is 2.00. The van der Waals surface area contributed by atoms with E-state index in [2.05, 4.69) is 4.52 Å². The standard InChI is InChI=1S/C5H12NO4P/c6-4(5(7)8)2-1-3-10-11-9/h4H,1-3,6,11H2,(H,7,8). The van der Waals surface area contributed by atoms with Crippen LogP contribution in [0, 0.1) is 0 Å². The fourth-order valence-electron chi connectivity index (χ4n) is 0.558. The molecule has 3 N–H and O–H groups in total. The van der Waals surface area contributed by atoms with E-state index in [0.29, 0.717) is 19.4 Å². The van der Waals surface area contributed by atoms with Crippen LogP contribution in [0.25, 0.3) is 0 Å². The summed E-state index contributed by atoms with van der Waals surface area (Å²) in [5, 5.41) is 8.32. The van der Waals surface area contributed by atoms with E-state index in [1.54, 1.807) is 0 Å². The molecule has 0 aromatic heterocycles. The van der Waals surface area contributed by atoms with Crippen LogP contribution in [0.4, 0.5) is 0 Å². The molecule has 2 atom stereocenters. The van der Waals surface area contributed by atoms with Gasteiger partial charge < -0.3 is 15.4 Å². The summed E-state index contributed by atoms with van der Waals surface area (Å²) in [4.78, 5) is 10.1. The predicted octanol–water partition coefficient (Wildman–Crippen LogP) is -0.134. The summed E-state index contributed by atoms with van der Waals surface area (Å²) in [5.74, 6) is -1.01. The second-order valence-electron chi connectivity index (χ2n) is 2.05. The molecular formula is C5H12NO4P. The zero-order valence-electron chi connectivity index (χ0n) is 6.03. The van der Waals surface area contributed by atoms with E-state index < -0.39 is 20.7 Å². The number of hydrogen-bond acceptors (Lipinski definition) is 4. The molecule has 0 saturated heterocycles. The van der Waals surface area contributed by atoms with E-state index in [4.69, 9.17) is 10.8 Å². The van der Waals surface area contributed by atoms with Crippen LogP contribution >= 0.6 is 8.69 Å². The maximum absolute atomic E-state index is 10.1. The fraction of sp³-hybridized carbons (Fsp3) is 0.800. The van der Waals surface area contributed by atoms with Crippen molar-refractivity contribution in [2.24, 2.45) is 5.73 Å². The molecule has 5 nitrogen and oxygen atoms in total. The molecule has 0 amide bonds. The minimum Gasteiger partial charge on any atom is -0.480 e. The average molecular weight is 181 g/mol. The Morgan fingerprint density at radius 2 is 2.36 bits per heavy atom. The Balaban J connectivity index is 3.24. The van der Waals surface area contributed by atoms with Crippen LogP contribution in [0.15, 0.2) is 0 Å². The quantitative estimate of drug-likeness (QED) is 0.440. The highest BCUT2D eigenvalue weighted by molar-refractivity contribution is 7.17. The second-order valence-corrected chi connectivity index (χ2v) is 2.58. The fourth-order valence-corrected chi connectivity index (χ4v) is 0.821. The molecule has 6 heteroatoms. The van der Waals surface area contributed by atoms with Gasteiger partial charge in [0.15, 0.2) is 8.69 Å². The van der Waals surface area contributed by atoms with E-state index >= 15 is 0 Å². The normalized spacial score (nSPS) is 13.9. The maximum Gasteiger partial charge on any atom is 0.320 e. The van der Waals surface area contributed by atoms with Crippen molar-refractivity contribution in [1.29, 1.82) is 0 Å². The van der Waals surface area contributed by atoms with Crippen molar-refractivity contribution in [3.05, 3.63) is 0 Å². The van der Waals surface area contributed by atoms with Gasteiger partial charge in [0.1, 0.15) is 6.04 Å². The van der Waals surface area contributed by atoms with Crippen LogP contribution in [0.1, 0.15) is 12.8 Å². The van der Waals surface area contributed by atoms with Gasteiger partial charge in [-0.2, -0.15) is 0 Å². The summed E-state index contributed by atoms with van der Waals surface area (Å²) in [7, 11) is -1.19. The van der Waals surface area contributed by atoms with Crippen molar-refractivity contribution in [2.75, 3.05) is 6.61 Å². The first-order valence-corrected chi connectivity index (χ1v) is 4.16. The van der Waals surface area contributed by atoms with Gasteiger partial charge in [-0.05, 0) is 12.8 Å². The van der Waals surface area contributed by atoms with Crippen LogP contribution < -0.4 is 5.73 Å². The molecule has 0 aliphatic heterocycles. The van der Waals surface area contributed by atoms with Crippen LogP contribution in [0.5, 0.6) is 0 Å². The smallest absolute Gasteiger partial charge is 0.320 e. The van der Waals surface area contributed by atoms with Gasteiger partial charge in [0.25, 0.3) is 0 Å². The van der Waals surface area contributed by atoms with Crippen LogP contribution in [-0.2, 0) is 13.9 Å². The predicted molar refractivity (Wildman–Crippen MR) is 41.2 cm³/mol. The van der Waals surface area contributed by atoms with E-state index in [-0.39, 0.29) is 0 Å². The monoisotopic (exact) mass is 181 g/mol. The maximum atomic E-state index is 10.1. The zero-order valence-corrected chi connectivity index (χ0v) is 7.18. The first kappa shape index (κ1) is 10.6. The molecule has 0 heterocycles. The Morgan fingerprint density at radius 1 is 1.73 bits per heavy atom. The van der Waals surface area contributed by atoms with Crippen LogP contribution in [0.2, 0.25) is 0 Å². The molecule has 0 saturated carbocycles. The minimum atomic E-state index is -1.19. The zero-order chi connectivity index (χ0) is 8.69. The van der Waals surface area contributed by atoms with Gasteiger partial charge in [-0.15, -0.1) is 0 Å². The lowest BCUT2D eigenvalue weighted by atomic mass is 10.2. The molecule has 0 aromatic carbocycles. The molecule has 11 heavy (non-hydrogen) atoms. The Labute approximate surface area is 65.8 Å². The van der Waals surface area contributed by atoms with Gasteiger partial charge in [0.2, 0.25) is 0 Å². The third-order valence-electron chi connectivity index (χ3n) is 1.16. The number of hydrogen-bond donors (Lipinski definition) is 2. The molecule has 0 aliphatic rings. The van der Waals surface area contributed by atoms with Gasteiger partial charge in [0.05, 0.1) is 6.61 Å². The van der Waals surface area contributed by atoms with Crippen molar-refractivity contribution in [3.8, 4) is 0 Å². The van der Waals surface area contributed by atoms with Gasteiger partial charge >= 0.3 is 5.97 Å². The summed E-state index contributed by atoms with van der Waals surface area (Å²) >= 11 is 0. The van der Waals surface area contributed by atoms with Gasteiger partial charge in [-0.3, -0.25) is 9.36 Å². The summed E-state index contributed by atoms with van der Waals surface area (Å²) in [5.41, 5.74) is 5.17. The SMILES string of the molecule is NC(CCCO[PH2]=O)C(=O)O. The van der Waals surface area contributed by atoms with Gasteiger partial charge in [-0.25, -0.2) is 0 Å². The molecule has 0 aliphatic carbocycles. The first-order valence-electron chi connectivity index (χ1n) is 3.22. The summed E-state index contributed by atoms with van der Waals surface area (Å²) < 4.78 is 14.4. The number of rotatable bonds is 6. The minimum absolute atomic E-state index is 0.319. The van der Waals surface area contributed by atoms with Gasteiger partial charge in [0, 0.05) is 0 Å². The Kier molecular flexibility index (Phi) is 6.12. The Morgan fingerprint density at radius 3 is 2.82 bits per heavy atom. The van der Waals surface area contributed by atoms with E-state index in [1.807, 2.05) is 0 Å². The summed E-state index contributed by atoms with van der Waals surface area (Å²) in [6.45, 7) is 0.319. The lowest BCUT2D eigenvalue weighted by molar-refractivity contribution is -0.138. The molecular weight excluding hydrogens is 169 g/mol. The lowest BCUT2D eigenvalue weighted by Gasteiger charge is -2.03. The molecule has 0 radical (unpaired) electrons. The molecule has 0 rings (SSSR count). The van der Waals surface area contributed by atoms with Gasteiger partial charge in [-0.1, -0.05) is 0 Å². The van der Waals surface area contributed by atoms with Crippen molar-refractivity contribution in [2.45, 2.75) is 18.9 Å².